The Balaban J connectivity index is 3.05. The summed E-state index contributed by atoms with van der Waals surface area (Å²) in [6.45, 7) is 100. The molecule has 1 aliphatic carbocycles. The van der Waals surface area contributed by atoms with E-state index in [-0.39, 0.29) is 0 Å². The monoisotopic (exact) mass is 1110 g/mol. The molecule has 0 atom stereocenters. The van der Waals surface area contributed by atoms with E-state index in [0.29, 0.717) is 5.54 Å². The Morgan fingerprint density at radius 3 is 0.429 bits per heavy atom. The van der Waals surface area contributed by atoms with Gasteiger partial charge in [-0.3, -0.25) is 0 Å². The van der Waals surface area contributed by atoms with E-state index in [0.717, 1.165) is 0 Å². The molecule has 392 valence electrons. The van der Waals surface area contributed by atoms with Crippen LogP contribution in [0.2, 0.25) is 182 Å². The van der Waals surface area contributed by atoms with Gasteiger partial charge in [-0.05, 0) is 95.9 Å². The highest BCUT2D eigenvalue weighted by molar-refractivity contribution is 7.18. The molecule has 1 aliphatic rings. The highest BCUT2D eigenvalue weighted by Crippen LogP contribution is 2.48. The van der Waals surface area contributed by atoms with Gasteiger partial charge >= 0.3 is 0 Å². The standard InChI is InChI=1S/C60H112Si10/c1-38-39(2)41(4)48(40(38)3)70(49-42(5)52(61(11,12)13)58(67(29,30)31)53(43(49)6)62(14,15)16,50-44(7)54(63(17,18)19)59(68(32,33)34)55(45(50)8)64(20,21)22)51-46(9)56(65(23,24)25)60(69(35,36)37)57(47(51)10)66(26,27)28/h48H,1-37H3. The fourth-order valence-electron chi connectivity index (χ4n) is 15.6. The van der Waals surface area contributed by atoms with Crippen molar-refractivity contribution in [1.29, 1.82) is 0 Å². The lowest BCUT2D eigenvalue weighted by Crippen LogP contribution is -2.82. The minimum absolute atomic E-state index is 0.324. The maximum atomic E-state index is 2.74. The van der Waals surface area contributed by atoms with Crippen molar-refractivity contribution < 1.29 is 0 Å². The summed E-state index contributed by atoms with van der Waals surface area (Å²) in [4.78, 5) is 0. The van der Waals surface area contributed by atoms with Gasteiger partial charge in [0.25, 0.3) is 0 Å². The Kier molecular flexibility index (Phi) is 16.6. The van der Waals surface area contributed by atoms with Crippen LogP contribution in [0.5, 0.6) is 0 Å². The van der Waals surface area contributed by atoms with E-state index in [2.05, 4.69) is 246 Å². The first-order valence-electron chi connectivity index (χ1n) is 27.6. The smallest absolute Gasteiger partial charge is 0.0656 e. The Morgan fingerprint density at radius 1 is 0.186 bits per heavy atom. The van der Waals surface area contributed by atoms with E-state index >= 15 is 0 Å². The van der Waals surface area contributed by atoms with E-state index in [4.69, 9.17) is 0 Å². The molecule has 70 heavy (non-hydrogen) atoms. The van der Waals surface area contributed by atoms with Crippen molar-refractivity contribution in [2.45, 2.75) is 252 Å². The van der Waals surface area contributed by atoms with E-state index in [1.807, 2.05) is 62.2 Å². The molecule has 3 aromatic rings. The third kappa shape index (κ3) is 10.3. The zero-order valence-electron chi connectivity index (χ0n) is 53.6. The molecule has 10 heteroatoms. The maximum Gasteiger partial charge on any atom is 0.160 e. The predicted octanol–water partition coefficient (Wildman–Crippen LogP) is 12.0. The summed E-state index contributed by atoms with van der Waals surface area (Å²) < 4.78 is 0. The van der Waals surface area contributed by atoms with Gasteiger partial charge in [0, 0.05) is 5.54 Å². The van der Waals surface area contributed by atoms with Gasteiger partial charge in [0.1, 0.15) is 0 Å². The van der Waals surface area contributed by atoms with Gasteiger partial charge in [0.05, 0.1) is 72.7 Å². The third-order valence-electron chi connectivity index (χ3n) is 17.0. The van der Waals surface area contributed by atoms with Crippen molar-refractivity contribution in [2.24, 2.45) is 0 Å². The molecular weight excluding hydrogens is 1000 g/mol. The Morgan fingerprint density at radius 2 is 0.314 bits per heavy atom. The molecule has 0 N–H and O–H groups in total. The van der Waals surface area contributed by atoms with Crippen molar-refractivity contribution in [3.63, 3.8) is 0 Å². The van der Waals surface area contributed by atoms with Crippen LogP contribution in [0, 0.1) is 41.5 Å². The summed E-state index contributed by atoms with van der Waals surface area (Å²) in [7, 11) is -20.7. The molecule has 0 amide bonds. The second-order valence-electron chi connectivity index (χ2n) is 32.4. The summed E-state index contributed by atoms with van der Waals surface area (Å²) in [5.74, 6) is 0. The van der Waals surface area contributed by atoms with Crippen molar-refractivity contribution in [3.05, 3.63) is 55.7 Å². The lowest BCUT2D eigenvalue weighted by atomic mass is 10.1. The van der Waals surface area contributed by atoms with Crippen LogP contribution >= 0.6 is 0 Å². The van der Waals surface area contributed by atoms with Crippen LogP contribution < -0.4 is 62.2 Å². The minimum Gasteiger partial charge on any atom is -0.0656 e. The van der Waals surface area contributed by atoms with E-state index in [9.17, 15) is 0 Å². The van der Waals surface area contributed by atoms with Crippen LogP contribution in [-0.4, -0.2) is 80.7 Å². The Hall–Kier alpha value is -0.691. The van der Waals surface area contributed by atoms with Gasteiger partial charge in [-0.2, -0.15) is 0 Å². The third-order valence-corrected chi connectivity index (χ3v) is 43.6. The van der Waals surface area contributed by atoms with Gasteiger partial charge in [-0.1, -0.05) is 268 Å². The first kappa shape index (κ1) is 61.9. The van der Waals surface area contributed by atoms with Gasteiger partial charge in [-0.15, -0.1) is 0 Å². The first-order chi connectivity index (χ1) is 30.7. The number of rotatable bonds is 13. The zero-order chi connectivity index (χ0) is 55.3. The molecule has 0 unspecified atom stereocenters. The fourth-order valence-corrected chi connectivity index (χ4v) is 56.2. The van der Waals surface area contributed by atoms with Gasteiger partial charge < -0.3 is 0 Å². The lowest BCUT2D eigenvalue weighted by molar-refractivity contribution is 1.08. The van der Waals surface area contributed by atoms with Crippen LogP contribution in [0.3, 0.4) is 0 Å². The number of allylic oxidation sites excluding steroid dienone is 4. The van der Waals surface area contributed by atoms with E-state index in [1.54, 1.807) is 55.7 Å². The molecule has 0 aliphatic heterocycles. The number of hydrogen-bond acceptors (Lipinski definition) is 0. The summed E-state index contributed by atoms with van der Waals surface area (Å²) in [5, 5.41) is 22.3. The molecule has 0 saturated heterocycles. The Bertz CT molecular complexity index is 2280. The highest BCUT2D eigenvalue weighted by Gasteiger charge is 2.58. The van der Waals surface area contributed by atoms with Crippen LogP contribution in [0.4, 0.5) is 0 Å². The highest BCUT2D eigenvalue weighted by atomic mass is 28.3. The maximum absolute atomic E-state index is 3.31. The molecule has 0 heterocycles. The summed E-state index contributed by atoms with van der Waals surface area (Å²) in [6, 6.07) is 0. The van der Waals surface area contributed by atoms with Gasteiger partial charge in [-0.25, -0.2) is 0 Å². The van der Waals surface area contributed by atoms with Gasteiger partial charge in [0.2, 0.25) is 0 Å². The van der Waals surface area contributed by atoms with Crippen LogP contribution in [0.25, 0.3) is 0 Å². The zero-order valence-corrected chi connectivity index (χ0v) is 63.6. The second kappa shape index (κ2) is 18.8. The molecule has 0 fully saturated rings. The van der Waals surface area contributed by atoms with E-state index in [1.165, 1.54) is 0 Å². The molecule has 0 radical (unpaired) electrons. The molecule has 0 saturated carbocycles. The second-order valence-corrected chi connectivity index (χ2v) is 81.1. The normalized spacial score (nSPS) is 15.9. The van der Waals surface area contributed by atoms with Crippen molar-refractivity contribution in [3.8, 4) is 0 Å². The molecule has 4 rings (SSSR count). The van der Waals surface area contributed by atoms with E-state index < -0.39 is 80.7 Å². The van der Waals surface area contributed by atoms with Crippen LogP contribution in [-0.2, 0) is 0 Å². The van der Waals surface area contributed by atoms with Crippen LogP contribution in [0.15, 0.2) is 22.3 Å². The molecule has 0 spiro atoms. The fraction of sp³-hybridized carbons (Fsp3) is 0.633. The molecule has 0 nitrogen and oxygen atoms in total. The minimum atomic E-state index is -3.31. The SMILES string of the molecule is CC1=C(C)C([Si](c2c(C)c([Si](C)(C)C)c([Si](C)(C)C)c([Si](C)(C)C)c2C)(c2c(C)c([Si](C)(C)C)c([Si](C)(C)C)c([Si](C)(C)C)c2C)c2c(C)c([Si](C)(C)C)c([Si](C)(C)C)c([Si](C)(C)C)c2C)C(C)=C1C. The van der Waals surface area contributed by atoms with Gasteiger partial charge in [0.15, 0.2) is 8.07 Å². The number of benzene rings is 3. The molecular formula is C60H112Si10. The van der Waals surface area contributed by atoms with Crippen molar-refractivity contribution in [2.75, 3.05) is 0 Å². The quantitative estimate of drug-likeness (QED) is 0.118. The van der Waals surface area contributed by atoms with Crippen LogP contribution in [0.1, 0.15) is 61.1 Å². The van der Waals surface area contributed by atoms with Crippen molar-refractivity contribution >= 4 is 143 Å². The topological polar surface area (TPSA) is 0 Å². The Labute approximate surface area is 446 Å². The lowest BCUT2D eigenvalue weighted by Gasteiger charge is -2.52. The molecule has 0 aromatic heterocycles. The first-order valence-corrected chi connectivity index (χ1v) is 61.2. The van der Waals surface area contributed by atoms with Crippen molar-refractivity contribution in [1.82, 2.24) is 0 Å². The molecule has 0 bridgehead atoms. The summed E-state index contributed by atoms with van der Waals surface area (Å²) >= 11 is 0. The largest absolute Gasteiger partial charge is 0.160 e. The summed E-state index contributed by atoms with van der Waals surface area (Å²) in [5.41, 5.74) is 17.1. The predicted molar refractivity (Wildman–Crippen MR) is 360 cm³/mol. The average molecular weight is 1110 g/mol. The number of hydrogen-bond donors (Lipinski definition) is 0. The average Bonchev–Trinajstić information content (AvgIpc) is 3.27. The summed E-state index contributed by atoms with van der Waals surface area (Å²) in [6.07, 6.45) is 0. The molecule has 3 aromatic carbocycles.